The standard InChI is InChI=1S/C20H24FN5O3S/c1-20(2)9-26-18(29-10-20)15(8-23-26)30(22,28)25-19(27)24-17-13-5-3-4-11(13)16(21)12-6-7-14(12)17/h8H,3-7,9-10H2,1-2H3,(H3,22,24,25,27,28). The number of nitrogens with two attached hydrogens (primary N) is 1. The number of carbonyl (C=O) groups is 1. The third-order valence-corrected chi connectivity index (χ3v) is 7.39. The number of aromatic nitrogens is 2. The molecule has 1 aromatic carbocycles. The number of benzene rings is 1. The molecule has 2 aliphatic carbocycles. The second-order valence-electron chi connectivity index (χ2n) is 8.97. The van der Waals surface area contributed by atoms with E-state index in [0.717, 1.165) is 17.5 Å². The van der Waals surface area contributed by atoms with E-state index in [2.05, 4.69) is 14.8 Å². The number of nitrogens with zero attached hydrogens (tertiary/aromatic N) is 3. The molecule has 160 valence electrons. The van der Waals surface area contributed by atoms with Crippen LogP contribution in [0.15, 0.2) is 15.5 Å². The van der Waals surface area contributed by atoms with Gasteiger partial charge in [0, 0.05) is 11.1 Å². The van der Waals surface area contributed by atoms with Crippen LogP contribution in [0.25, 0.3) is 0 Å². The maximum absolute atomic E-state index is 14.6. The molecule has 2 amide bonds. The van der Waals surface area contributed by atoms with Gasteiger partial charge in [0.25, 0.3) is 0 Å². The second-order valence-corrected chi connectivity index (χ2v) is 10.7. The van der Waals surface area contributed by atoms with Crippen molar-refractivity contribution < 1.29 is 18.1 Å². The fraction of sp³-hybridized carbons (Fsp3) is 0.500. The normalized spacial score (nSPS) is 20.1. The monoisotopic (exact) mass is 433 g/mol. The van der Waals surface area contributed by atoms with Crippen LogP contribution in [0, 0.1) is 11.2 Å². The minimum atomic E-state index is -3.56. The van der Waals surface area contributed by atoms with Crippen LogP contribution in [0.5, 0.6) is 5.88 Å². The molecule has 0 radical (unpaired) electrons. The van der Waals surface area contributed by atoms with Crippen LogP contribution in [-0.2, 0) is 42.1 Å². The Labute approximate surface area is 174 Å². The molecule has 5 rings (SSSR count). The highest BCUT2D eigenvalue weighted by molar-refractivity contribution is 7.91. The molecule has 1 atom stereocenters. The average molecular weight is 434 g/mol. The predicted octanol–water partition coefficient (Wildman–Crippen LogP) is 2.96. The van der Waals surface area contributed by atoms with E-state index >= 15 is 0 Å². The van der Waals surface area contributed by atoms with E-state index in [1.165, 1.54) is 6.20 Å². The largest absolute Gasteiger partial charge is 0.476 e. The number of urea groups is 1. The molecule has 2 aromatic rings. The smallest absolute Gasteiger partial charge is 0.354 e. The lowest BCUT2D eigenvalue weighted by Crippen LogP contribution is -2.33. The molecule has 1 aliphatic heterocycles. The van der Waals surface area contributed by atoms with Gasteiger partial charge in [0.05, 0.1) is 19.3 Å². The van der Waals surface area contributed by atoms with Gasteiger partial charge < -0.3 is 10.1 Å². The topological polar surface area (TPSA) is 112 Å². The van der Waals surface area contributed by atoms with Gasteiger partial charge in [0.2, 0.25) is 5.88 Å². The van der Waals surface area contributed by atoms with Crippen LogP contribution >= 0.6 is 0 Å². The SMILES string of the molecule is CC1(C)COc2c(S(N)(=O)=NC(=O)Nc3c4c(c(F)c5c3CC5)CCC4)cnn2C1. The van der Waals surface area contributed by atoms with E-state index in [0.29, 0.717) is 55.6 Å². The number of amides is 2. The number of hydrogen-bond donors (Lipinski definition) is 2. The summed E-state index contributed by atoms with van der Waals surface area (Å²) in [4.78, 5) is 12.8. The number of anilines is 1. The molecule has 0 bridgehead atoms. The summed E-state index contributed by atoms with van der Waals surface area (Å²) in [5, 5.41) is 12.9. The van der Waals surface area contributed by atoms with Crippen LogP contribution < -0.4 is 15.2 Å². The zero-order valence-electron chi connectivity index (χ0n) is 17.0. The molecule has 8 nitrogen and oxygen atoms in total. The van der Waals surface area contributed by atoms with E-state index in [1.807, 2.05) is 13.8 Å². The van der Waals surface area contributed by atoms with Gasteiger partial charge in [-0.05, 0) is 54.4 Å². The Bertz CT molecular complexity index is 1210. The van der Waals surface area contributed by atoms with Gasteiger partial charge in [-0.25, -0.2) is 23.2 Å². The fourth-order valence-electron chi connectivity index (χ4n) is 4.50. The number of nitrogens with one attached hydrogen (secondary N) is 1. The summed E-state index contributed by atoms with van der Waals surface area (Å²) < 4.78 is 38.7. The van der Waals surface area contributed by atoms with Crippen LogP contribution in [0.1, 0.15) is 42.5 Å². The summed E-state index contributed by atoms with van der Waals surface area (Å²) in [7, 11) is -3.56. The quantitative estimate of drug-likeness (QED) is 0.758. The Morgan fingerprint density at radius 2 is 1.93 bits per heavy atom. The zero-order chi connectivity index (χ0) is 21.3. The fourth-order valence-corrected chi connectivity index (χ4v) is 5.51. The first kappa shape index (κ1) is 19.5. The number of ether oxygens (including phenoxy) is 1. The first-order chi connectivity index (χ1) is 14.2. The van der Waals surface area contributed by atoms with Gasteiger partial charge in [0.1, 0.15) is 10.7 Å². The van der Waals surface area contributed by atoms with Gasteiger partial charge in [-0.3, -0.25) is 0 Å². The zero-order valence-corrected chi connectivity index (χ0v) is 17.8. The minimum absolute atomic E-state index is 0.102. The van der Waals surface area contributed by atoms with E-state index in [4.69, 9.17) is 9.88 Å². The molecule has 30 heavy (non-hydrogen) atoms. The van der Waals surface area contributed by atoms with Crippen molar-refractivity contribution in [1.29, 1.82) is 0 Å². The molecule has 2 heterocycles. The Hall–Kier alpha value is -2.46. The van der Waals surface area contributed by atoms with Gasteiger partial charge in [-0.2, -0.15) is 5.10 Å². The van der Waals surface area contributed by atoms with E-state index in [-0.39, 0.29) is 22.0 Å². The summed E-state index contributed by atoms with van der Waals surface area (Å²) >= 11 is 0. The van der Waals surface area contributed by atoms with Crippen LogP contribution in [0.2, 0.25) is 0 Å². The highest BCUT2D eigenvalue weighted by atomic mass is 32.2. The van der Waals surface area contributed by atoms with E-state index in [1.54, 1.807) is 4.68 Å². The molecule has 1 aromatic heterocycles. The summed E-state index contributed by atoms with van der Waals surface area (Å²) in [5.41, 5.74) is 3.48. The molecule has 3 N–H and O–H groups in total. The van der Waals surface area contributed by atoms with E-state index in [9.17, 15) is 13.4 Å². The van der Waals surface area contributed by atoms with Gasteiger partial charge in [-0.15, -0.1) is 4.36 Å². The minimum Gasteiger partial charge on any atom is -0.476 e. The Kier molecular flexibility index (Phi) is 4.24. The first-order valence-corrected chi connectivity index (χ1v) is 11.6. The number of rotatable bonds is 2. The highest BCUT2D eigenvalue weighted by Gasteiger charge is 2.33. The molecular weight excluding hydrogens is 409 g/mol. The van der Waals surface area contributed by atoms with E-state index < -0.39 is 15.9 Å². The molecule has 0 fully saturated rings. The number of carbonyl (C=O) groups excluding carboxylic acids is 1. The van der Waals surface area contributed by atoms with Crippen molar-refractivity contribution in [3.05, 3.63) is 34.3 Å². The molecule has 0 spiro atoms. The third-order valence-electron chi connectivity index (χ3n) is 6.04. The third kappa shape index (κ3) is 3.01. The van der Waals surface area contributed by atoms with Crippen LogP contribution in [0.3, 0.4) is 0 Å². The molecule has 3 aliphatic rings. The van der Waals surface area contributed by atoms with Crippen molar-refractivity contribution in [3.63, 3.8) is 0 Å². The Morgan fingerprint density at radius 3 is 2.67 bits per heavy atom. The predicted molar refractivity (Wildman–Crippen MR) is 109 cm³/mol. The number of halogens is 1. The van der Waals surface area contributed by atoms with Crippen molar-refractivity contribution in [2.24, 2.45) is 14.9 Å². The maximum atomic E-state index is 14.6. The molecule has 1 unspecified atom stereocenters. The molecular formula is C20H24FN5O3S. The summed E-state index contributed by atoms with van der Waals surface area (Å²) in [6, 6.07) is -0.812. The average Bonchev–Trinajstić information content (AvgIpc) is 3.24. The highest BCUT2D eigenvalue weighted by Crippen LogP contribution is 2.42. The second kappa shape index (κ2) is 6.52. The van der Waals surface area contributed by atoms with Gasteiger partial charge in [0.15, 0.2) is 9.92 Å². The van der Waals surface area contributed by atoms with Gasteiger partial charge in [-0.1, -0.05) is 13.8 Å². The maximum Gasteiger partial charge on any atom is 0.354 e. The van der Waals surface area contributed by atoms with Crippen LogP contribution in [0.4, 0.5) is 14.9 Å². The summed E-state index contributed by atoms with van der Waals surface area (Å²) in [6.45, 7) is 5.07. The lowest BCUT2D eigenvalue weighted by molar-refractivity contribution is 0.0972. The lowest BCUT2D eigenvalue weighted by atomic mass is 9.83. The Morgan fingerprint density at radius 1 is 1.27 bits per heavy atom. The number of hydrogen-bond acceptors (Lipinski definition) is 4. The summed E-state index contributed by atoms with van der Waals surface area (Å²) in [5.74, 6) is 0.151. The van der Waals surface area contributed by atoms with Crippen molar-refractivity contribution >= 4 is 21.6 Å². The van der Waals surface area contributed by atoms with Gasteiger partial charge >= 0.3 is 6.03 Å². The lowest BCUT2D eigenvalue weighted by Gasteiger charge is -2.30. The molecule has 0 saturated carbocycles. The number of fused-ring (bicyclic) bond motifs is 3. The Balaban J connectivity index is 1.47. The van der Waals surface area contributed by atoms with Crippen molar-refractivity contribution in [3.8, 4) is 5.88 Å². The molecule has 0 saturated heterocycles. The summed E-state index contributed by atoms with van der Waals surface area (Å²) in [6.07, 6.45) is 4.93. The van der Waals surface area contributed by atoms with Crippen LogP contribution in [-0.4, -0.2) is 26.6 Å². The van der Waals surface area contributed by atoms with Crippen molar-refractivity contribution in [1.82, 2.24) is 9.78 Å². The van der Waals surface area contributed by atoms with Crippen molar-refractivity contribution in [2.45, 2.75) is 57.4 Å². The van der Waals surface area contributed by atoms with Crippen molar-refractivity contribution in [2.75, 3.05) is 11.9 Å². The molecule has 10 heteroatoms. The first-order valence-electron chi connectivity index (χ1n) is 10.1.